The Morgan fingerprint density at radius 3 is 2.58 bits per heavy atom. The van der Waals surface area contributed by atoms with Crippen LogP contribution in [0, 0.1) is 11.3 Å². The zero-order valence-electron chi connectivity index (χ0n) is 18.5. The molecule has 0 radical (unpaired) electrons. The molecule has 3 N–H and O–H groups in total. The van der Waals surface area contributed by atoms with Gasteiger partial charge >= 0.3 is 0 Å². The van der Waals surface area contributed by atoms with Gasteiger partial charge in [-0.3, -0.25) is 5.73 Å². The molecule has 33 heavy (non-hydrogen) atoms. The van der Waals surface area contributed by atoms with Crippen molar-refractivity contribution in [1.29, 1.82) is 5.26 Å². The van der Waals surface area contributed by atoms with Gasteiger partial charge in [0, 0.05) is 27.6 Å². The first-order valence-electron chi connectivity index (χ1n) is 11.0. The molecule has 0 amide bonds. The number of nitrogen functional groups attached to an aromatic ring is 1. The van der Waals surface area contributed by atoms with Crippen molar-refractivity contribution in [3.63, 3.8) is 0 Å². The second-order valence-electron chi connectivity index (χ2n) is 8.16. The van der Waals surface area contributed by atoms with E-state index in [1.54, 1.807) is 13.2 Å². The number of pyridine rings is 1. The zero-order chi connectivity index (χ0) is 23.4. The van der Waals surface area contributed by atoms with E-state index in [9.17, 15) is 5.26 Å². The van der Waals surface area contributed by atoms with Crippen molar-refractivity contribution in [3.8, 4) is 28.7 Å². The topological polar surface area (TPSA) is 82.4 Å². The van der Waals surface area contributed by atoms with Gasteiger partial charge in [-0.25, -0.2) is 4.98 Å². The van der Waals surface area contributed by atoms with Crippen molar-refractivity contribution < 1.29 is 14.5 Å². The number of H-pyrrole nitrogens is 1. The lowest BCUT2D eigenvalue weighted by molar-refractivity contribution is -0.374. The van der Waals surface area contributed by atoms with Crippen molar-refractivity contribution in [2.45, 2.75) is 45.1 Å². The molecule has 0 fully saturated rings. The molecule has 0 saturated heterocycles. The fourth-order valence-corrected chi connectivity index (χ4v) is 5.14. The molecule has 2 aromatic carbocycles. The Kier molecular flexibility index (Phi) is 7.42. The highest BCUT2D eigenvalue weighted by Gasteiger charge is 2.24. The number of ether oxygens (including phenoxy) is 2. The number of nitrogens with one attached hydrogen (secondary N) is 1. The molecule has 0 unspecified atom stereocenters. The van der Waals surface area contributed by atoms with Crippen LogP contribution in [-0.4, -0.2) is 7.11 Å². The van der Waals surface area contributed by atoms with E-state index in [2.05, 4.69) is 27.0 Å². The Morgan fingerprint density at radius 1 is 1.09 bits per heavy atom. The van der Waals surface area contributed by atoms with Gasteiger partial charge in [0.05, 0.1) is 12.1 Å². The van der Waals surface area contributed by atoms with Crippen LogP contribution in [0.1, 0.15) is 48.1 Å². The number of hydrogen-bond acceptors (Lipinski definition) is 4. The van der Waals surface area contributed by atoms with E-state index >= 15 is 0 Å². The van der Waals surface area contributed by atoms with Crippen LogP contribution in [-0.2, 0) is 19.4 Å². The molecular weight excluding hydrogens is 502 g/mol. The number of aromatic amines is 1. The number of anilines is 1. The predicted molar refractivity (Wildman–Crippen MR) is 133 cm³/mol. The predicted octanol–water partition coefficient (Wildman–Crippen LogP) is 6.28. The maximum Gasteiger partial charge on any atom is 0.289 e. The number of nitriles is 1. The molecule has 1 aliphatic carbocycles. The van der Waals surface area contributed by atoms with Gasteiger partial charge in [0.25, 0.3) is 5.82 Å². The quantitative estimate of drug-likeness (QED) is 0.423. The van der Waals surface area contributed by atoms with Gasteiger partial charge in [0.15, 0.2) is 0 Å². The van der Waals surface area contributed by atoms with Crippen molar-refractivity contribution in [2.75, 3.05) is 12.8 Å². The number of rotatable bonds is 5. The minimum Gasteiger partial charge on any atom is -0.496 e. The van der Waals surface area contributed by atoms with Crippen LogP contribution in [0.4, 0.5) is 5.82 Å². The summed E-state index contributed by atoms with van der Waals surface area (Å²) < 4.78 is 12.5. The second kappa shape index (κ2) is 10.5. The number of nitrogens with two attached hydrogens (primary N) is 1. The first-order chi connectivity index (χ1) is 16.0. The largest absolute Gasteiger partial charge is 0.496 e. The minimum atomic E-state index is 0.275. The molecule has 170 valence electrons. The fraction of sp³-hybridized carbons (Fsp3) is 0.308. The third-order valence-corrected chi connectivity index (χ3v) is 6.82. The molecule has 0 bridgehead atoms. The average molecular weight is 528 g/mol. The molecule has 1 heterocycles. The van der Waals surface area contributed by atoms with Gasteiger partial charge in [-0.05, 0) is 55.2 Å². The van der Waals surface area contributed by atoms with Gasteiger partial charge in [0.2, 0.25) is 0 Å². The summed E-state index contributed by atoms with van der Waals surface area (Å²) in [6.07, 6.45) is 6.47. The average Bonchev–Trinajstić information content (AvgIpc) is 2.79. The number of fused-ring (bicyclic) bond motifs is 1. The summed E-state index contributed by atoms with van der Waals surface area (Å²) >= 11 is 9.73. The van der Waals surface area contributed by atoms with E-state index in [0.717, 1.165) is 52.5 Å². The van der Waals surface area contributed by atoms with Crippen LogP contribution in [0.25, 0.3) is 11.1 Å². The van der Waals surface area contributed by atoms with Crippen LogP contribution in [0.2, 0.25) is 5.02 Å². The first-order valence-corrected chi connectivity index (χ1v) is 12.2. The highest BCUT2D eigenvalue weighted by molar-refractivity contribution is 9.10. The van der Waals surface area contributed by atoms with E-state index in [0.29, 0.717) is 27.9 Å². The number of aryl methyl sites for hydroxylation is 1. The monoisotopic (exact) mass is 526 g/mol. The highest BCUT2D eigenvalue weighted by atomic mass is 79.9. The zero-order valence-corrected chi connectivity index (χ0v) is 20.9. The summed E-state index contributed by atoms with van der Waals surface area (Å²) in [4.78, 5) is 3.31. The first kappa shape index (κ1) is 23.4. The number of halogens is 2. The molecule has 0 atom stereocenters. The molecule has 5 nitrogen and oxygen atoms in total. The van der Waals surface area contributed by atoms with E-state index in [-0.39, 0.29) is 6.61 Å². The second-order valence-corrected chi connectivity index (χ2v) is 9.48. The van der Waals surface area contributed by atoms with Gasteiger partial charge in [-0.2, -0.15) is 5.26 Å². The number of hydrogen-bond donors (Lipinski definition) is 1. The standard InChI is InChI=1S/C26H25BrClN3O2/c1-32-23-10-8-16(12-17(23)15-33-24-11-9-18(27)13-21(24)28)25-19-6-4-2-3-5-7-22(19)31-26(30)20(25)14-29/h8-13H,2-7,15H2,1H3,(H2,30,31)/p+1. The maximum absolute atomic E-state index is 9.95. The number of aromatic nitrogens is 1. The van der Waals surface area contributed by atoms with E-state index in [1.165, 1.54) is 18.4 Å². The van der Waals surface area contributed by atoms with Crippen molar-refractivity contribution in [3.05, 3.63) is 68.3 Å². The molecule has 1 aromatic heterocycles. The van der Waals surface area contributed by atoms with Crippen LogP contribution in [0.5, 0.6) is 11.5 Å². The highest BCUT2D eigenvalue weighted by Crippen LogP contribution is 2.36. The molecule has 0 aliphatic heterocycles. The molecule has 0 spiro atoms. The third-order valence-electron chi connectivity index (χ3n) is 6.03. The Labute approximate surface area is 207 Å². The molecule has 3 aromatic rings. The Hall–Kier alpha value is -2.75. The molecule has 1 aliphatic rings. The summed E-state index contributed by atoms with van der Waals surface area (Å²) in [5.41, 5.74) is 11.8. The summed E-state index contributed by atoms with van der Waals surface area (Å²) in [7, 11) is 1.64. The lowest BCUT2D eigenvalue weighted by Crippen LogP contribution is -2.23. The smallest absolute Gasteiger partial charge is 0.289 e. The van der Waals surface area contributed by atoms with Gasteiger partial charge in [-0.1, -0.05) is 46.4 Å². The molecule has 4 rings (SSSR count). The van der Waals surface area contributed by atoms with Crippen molar-refractivity contribution in [1.82, 2.24) is 0 Å². The lowest BCUT2D eigenvalue weighted by atomic mass is 9.87. The van der Waals surface area contributed by atoms with Crippen LogP contribution in [0.15, 0.2) is 40.9 Å². The summed E-state index contributed by atoms with van der Waals surface area (Å²) in [5, 5.41) is 10.5. The Bertz CT molecular complexity index is 1220. The van der Waals surface area contributed by atoms with Crippen molar-refractivity contribution >= 4 is 33.3 Å². The Morgan fingerprint density at radius 2 is 1.85 bits per heavy atom. The van der Waals surface area contributed by atoms with E-state index in [4.69, 9.17) is 26.8 Å². The third kappa shape index (κ3) is 5.10. The molecule has 7 heteroatoms. The summed E-state index contributed by atoms with van der Waals surface area (Å²) in [5.74, 6) is 1.72. The SMILES string of the molecule is COc1ccc(-c2c(C#N)c(N)[nH+]c3c2CCCCCC3)cc1COc1ccc(Br)cc1Cl. The van der Waals surface area contributed by atoms with Crippen LogP contribution in [0.3, 0.4) is 0 Å². The van der Waals surface area contributed by atoms with E-state index in [1.807, 2.05) is 30.3 Å². The van der Waals surface area contributed by atoms with Gasteiger partial charge in [0.1, 0.15) is 35.4 Å². The van der Waals surface area contributed by atoms with E-state index < -0.39 is 0 Å². The Balaban J connectivity index is 1.77. The van der Waals surface area contributed by atoms with Gasteiger partial charge < -0.3 is 9.47 Å². The number of benzene rings is 2. The fourth-order valence-electron chi connectivity index (χ4n) is 4.41. The number of methoxy groups -OCH3 is 1. The summed E-state index contributed by atoms with van der Waals surface area (Å²) in [6.45, 7) is 0.275. The minimum absolute atomic E-state index is 0.275. The van der Waals surface area contributed by atoms with Crippen LogP contribution < -0.4 is 20.2 Å². The maximum atomic E-state index is 9.95. The van der Waals surface area contributed by atoms with Crippen LogP contribution >= 0.6 is 27.5 Å². The lowest BCUT2D eigenvalue weighted by Gasteiger charge is -2.19. The van der Waals surface area contributed by atoms with Crippen molar-refractivity contribution in [2.24, 2.45) is 0 Å². The van der Waals surface area contributed by atoms with Gasteiger partial charge in [-0.15, -0.1) is 0 Å². The number of nitrogens with zero attached hydrogens (tertiary/aromatic N) is 1. The molecule has 0 saturated carbocycles. The molecular formula is C26H26BrClN3O2+. The normalized spacial score (nSPS) is 13.4. The summed E-state index contributed by atoms with van der Waals surface area (Å²) in [6, 6.07) is 13.8.